The number of benzene rings is 1. The quantitative estimate of drug-likeness (QED) is 0.357. The molecule has 0 spiro atoms. The maximum Gasteiger partial charge on any atom is 0.232 e. The molecule has 3 rings (SSSR count). The van der Waals surface area contributed by atoms with Crippen LogP contribution in [0, 0.1) is 11.3 Å². The average Bonchev–Trinajstić information content (AvgIpc) is 3.13. The first-order chi connectivity index (χ1) is 14.1. The van der Waals surface area contributed by atoms with Crippen molar-refractivity contribution in [3.8, 4) is 23.3 Å². The molecule has 7 nitrogen and oxygen atoms in total. The maximum atomic E-state index is 9.29. The van der Waals surface area contributed by atoms with Gasteiger partial charge in [0.25, 0.3) is 0 Å². The van der Waals surface area contributed by atoms with E-state index in [9.17, 15) is 5.26 Å². The molecular weight excluding hydrogens is 439 g/mol. The van der Waals surface area contributed by atoms with Crippen LogP contribution < -0.4 is 10.1 Å². The van der Waals surface area contributed by atoms with Gasteiger partial charge in [0.2, 0.25) is 17.5 Å². The first-order valence-corrected chi connectivity index (χ1v) is 9.62. The van der Waals surface area contributed by atoms with Crippen LogP contribution >= 0.6 is 34.8 Å². The van der Waals surface area contributed by atoms with E-state index in [4.69, 9.17) is 48.7 Å². The molecule has 0 bridgehead atoms. The molecule has 0 saturated carbocycles. The zero-order valence-electron chi connectivity index (χ0n) is 15.0. The third-order valence-electron chi connectivity index (χ3n) is 3.62. The van der Waals surface area contributed by atoms with Gasteiger partial charge in [-0.2, -0.15) is 10.2 Å². The SMILES string of the molecule is N#Cc1nc(-c2cc(Cl)cc(Cl)c2Cl)oc1NCCOCCOc1cccnc1. The molecule has 3 aromatic rings. The predicted octanol–water partition coefficient (Wildman–Crippen LogP) is 5.08. The zero-order chi connectivity index (χ0) is 20.6. The lowest BCUT2D eigenvalue weighted by atomic mass is 10.2. The summed E-state index contributed by atoms with van der Waals surface area (Å²) in [5.41, 5.74) is 0.490. The Kier molecular flexibility index (Phi) is 7.55. The van der Waals surface area contributed by atoms with Crippen molar-refractivity contribution in [2.24, 2.45) is 0 Å². The van der Waals surface area contributed by atoms with Gasteiger partial charge in [0.1, 0.15) is 18.4 Å². The Labute approximate surface area is 182 Å². The average molecular weight is 454 g/mol. The number of halogens is 3. The van der Waals surface area contributed by atoms with E-state index < -0.39 is 0 Å². The van der Waals surface area contributed by atoms with E-state index >= 15 is 0 Å². The van der Waals surface area contributed by atoms with Gasteiger partial charge in [-0.15, -0.1) is 0 Å². The third-order valence-corrected chi connectivity index (χ3v) is 4.64. The summed E-state index contributed by atoms with van der Waals surface area (Å²) in [5.74, 6) is 1.04. The fraction of sp³-hybridized carbons (Fsp3) is 0.211. The van der Waals surface area contributed by atoms with Gasteiger partial charge in [-0.1, -0.05) is 34.8 Å². The molecule has 0 amide bonds. The van der Waals surface area contributed by atoms with Crippen LogP contribution in [0.4, 0.5) is 5.88 Å². The second-order valence-corrected chi connectivity index (χ2v) is 6.86. The van der Waals surface area contributed by atoms with Crippen LogP contribution in [0.3, 0.4) is 0 Å². The summed E-state index contributed by atoms with van der Waals surface area (Å²) in [5, 5.41) is 13.1. The molecule has 29 heavy (non-hydrogen) atoms. The van der Waals surface area contributed by atoms with Crippen LogP contribution in [-0.2, 0) is 4.74 Å². The van der Waals surface area contributed by atoms with Crippen LogP contribution in [0.1, 0.15) is 5.69 Å². The highest BCUT2D eigenvalue weighted by molar-refractivity contribution is 6.44. The van der Waals surface area contributed by atoms with Gasteiger partial charge in [0, 0.05) is 17.8 Å². The van der Waals surface area contributed by atoms with Crippen molar-refractivity contribution in [2.45, 2.75) is 0 Å². The lowest BCUT2D eigenvalue weighted by Gasteiger charge is -2.07. The van der Waals surface area contributed by atoms with Gasteiger partial charge in [0.15, 0.2) is 0 Å². The Morgan fingerprint density at radius 2 is 2.03 bits per heavy atom. The molecule has 0 radical (unpaired) electrons. The molecule has 0 saturated heterocycles. The number of aromatic nitrogens is 2. The first-order valence-electron chi connectivity index (χ1n) is 8.48. The van der Waals surface area contributed by atoms with Crippen molar-refractivity contribution in [3.63, 3.8) is 0 Å². The summed E-state index contributed by atoms with van der Waals surface area (Å²) < 4.78 is 16.6. The third kappa shape index (κ3) is 5.75. The highest BCUT2D eigenvalue weighted by Crippen LogP contribution is 2.37. The Hall–Kier alpha value is -2.50. The Bertz CT molecular complexity index is 1010. The number of rotatable bonds is 9. The van der Waals surface area contributed by atoms with E-state index in [0.29, 0.717) is 42.7 Å². The van der Waals surface area contributed by atoms with Crippen molar-refractivity contribution >= 4 is 40.7 Å². The fourth-order valence-electron chi connectivity index (χ4n) is 2.33. The monoisotopic (exact) mass is 452 g/mol. The molecule has 150 valence electrons. The number of pyridine rings is 1. The van der Waals surface area contributed by atoms with Gasteiger partial charge in [-0.05, 0) is 24.3 Å². The van der Waals surface area contributed by atoms with E-state index in [0.717, 1.165) is 0 Å². The topological polar surface area (TPSA) is 93.2 Å². The van der Waals surface area contributed by atoms with Crippen LogP contribution in [0.5, 0.6) is 5.75 Å². The van der Waals surface area contributed by atoms with Crippen molar-refractivity contribution < 1.29 is 13.9 Å². The van der Waals surface area contributed by atoms with Gasteiger partial charge in [-0.3, -0.25) is 4.98 Å². The minimum Gasteiger partial charge on any atom is -0.490 e. The molecule has 0 aliphatic heterocycles. The molecular formula is C19H15Cl3N4O3. The van der Waals surface area contributed by atoms with E-state index in [1.165, 1.54) is 6.07 Å². The summed E-state index contributed by atoms with van der Waals surface area (Å²) in [7, 11) is 0. The van der Waals surface area contributed by atoms with Gasteiger partial charge < -0.3 is 19.2 Å². The predicted molar refractivity (Wildman–Crippen MR) is 111 cm³/mol. The summed E-state index contributed by atoms with van der Waals surface area (Å²) in [4.78, 5) is 8.11. The molecule has 0 aliphatic rings. The number of nitrogens with one attached hydrogen (secondary N) is 1. The highest BCUT2D eigenvalue weighted by Gasteiger charge is 2.18. The summed E-state index contributed by atoms with van der Waals surface area (Å²) in [6.45, 7) is 1.58. The van der Waals surface area contributed by atoms with Gasteiger partial charge in [-0.25, -0.2) is 0 Å². The number of ether oxygens (including phenoxy) is 2. The molecule has 1 aromatic carbocycles. The van der Waals surface area contributed by atoms with Crippen LogP contribution in [0.15, 0.2) is 41.1 Å². The molecule has 0 unspecified atom stereocenters. The highest BCUT2D eigenvalue weighted by atomic mass is 35.5. The summed E-state index contributed by atoms with van der Waals surface area (Å²) in [6.07, 6.45) is 3.31. The first kappa shape index (κ1) is 21.2. The Morgan fingerprint density at radius 3 is 2.79 bits per heavy atom. The minimum absolute atomic E-state index is 0.0899. The summed E-state index contributed by atoms with van der Waals surface area (Å²) in [6, 6.07) is 8.66. The molecule has 2 aromatic heterocycles. The zero-order valence-corrected chi connectivity index (χ0v) is 17.3. The van der Waals surface area contributed by atoms with E-state index in [2.05, 4.69) is 15.3 Å². The van der Waals surface area contributed by atoms with Crippen LogP contribution in [-0.4, -0.2) is 36.3 Å². The molecule has 1 N–H and O–H groups in total. The molecule has 10 heteroatoms. The minimum atomic E-state index is 0.0899. The Balaban J connectivity index is 1.51. The van der Waals surface area contributed by atoms with Crippen molar-refractivity contribution in [1.82, 2.24) is 9.97 Å². The second kappa shape index (κ2) is 10.3. The number of oxazole rings is 1. The van der Waals surface area contributed by atoms with Gasteiger partial charge >= 0.3 is 0 Å². The van der Waals surface area contributed by atoms with E-state index in [1.54, 1.807) is 24.5 Å². The van der Waals surface area contributed by atoms with Crippen molar-refractivity contribution in [1.29, 1.82) is 5.26 Å². The normalized spacial score (nSPS) is 10.6. The second-order valence-electron chi connectivity index (χ2n) is 5.63. The fourth-order valence-corrected chi connectivity index (χ4v) is 3.02. The largest absolute Gasteiger partial charge is 0.490 e. The molecule has 2 heterocycles. The van der Waals surface area contributed by atoms with E-state index in [-0.39, 0.29) is 27.5 Å². The van der Waals surface area contributed by atoms with E-state index in [1.807, 2.05) is 12.1 Å². The van der Waals surface area contributed by atoms with Crippen LogP contribution in [0.2, 0.25) is 15.1 Å². The number of nitriles is 1. The van der Waals surface area contributed by atoms with Crippen molar-refractivity contribution in [2.75, 3.05) is 31.7 Å². The molecule has 0 aliphatic carbocycles. The van der Waals surface area contributed by atoms with Crippen molar-refractivity contribution in [3.05, 3.63) is 57.4 Å². The molecule has 0 atom stereocenters. The Morgan fingerprint density at radius 1 is 1.17 bits per heavy atom. The summed E-state index contributed by atoms with van der Waals surface area (Å²) >= 11 is 18.2. The number of hydrogen-bond acceptors (Lipinski definition) is 7. The lowest BCUT2D eigenvalue weighted by molar-refractivity contribution is 0.107. The number of nitrogens with zero attached hydrogens (tertiary/aromatic N) is 3. The molecule has 0 fully saturated rings. The lowest BCUT2D eigenvalue weighted by Crippen LogP contribution is -2.13. The van der Waals surface area contributed by atoms with Crippen LogP contribution in [0.25, 0.3) is 11.5 Å². The number of anilines is 1. The standard InChI is InChI=1S/C19H15Cl3N4O3/c20-12-8-14(17(22)15(21)9-12)18-26-16(10-23)19(29-18)25-4-5-27-6-7-28-13-2-1-3-24-11-13/h1-3,8-9,11,25H,4-7H2. The van der Waals surface area contributed by atoms with Gasteiger partial charge in [0.05, 0.1) is 35.0 Å². The smallest absolute Gasteiger partial charge is 0.232 e. The number of hydrogen-bond donors (Lipinski definition) is 1. The maximum absolute atomic E-state index is 9.29.